The third-order valence-electron chi connectivity index (χ3n) is 7.28. The highest BCUT2D eigenvalue weighted by molar-refractivity contribution is 9.10. The van der Waals surface area contributed by atoms with Crippen molar-refractivity contribution < 1.29 is 0 Å². The molecule has 0 spiro atoms. The Bertz CT molecular complexity index is 381. The third-order valence-corrected chi connectivity index (χ3v) is 8.07. The number of hydrogen-bond acceptors (Lipinski definition) is 1. The van der Waals surface area contributed by atoms with Gasteiger partial charge in [0.15, 0.2) is 0 Å². The van der Waals surface area contributed by atoms with Crippen LogP contribution in [0.2, 0.25) is 0 Å². The monoisotopic (exact) mass is 471 g/mol. The van der Waals surface area contributed by atoms with Gasteiger partial charge in [-0.05, 0) is 58.4 Å². The zero-order valence-corrected chi connectivity index (χ0v) is 22.2. The average molecular weight is 473 g/mol. The molecule has 1 N–H and O–H groups in total. The summed E-state index contributed by atoms with van der Waals surface area (Å²) in [4.78, 5) is 0. The van der Waals surface area contributed by atoms with Gasteiger partial charge in [0.2, 0.25) is 0 Å². The molecule has 1 rings (SSSR count). The van der Waals surface area contributed by atoms with Crippen molar-refractivity contribution in [2.24, 2.45) is 5.92 Å². The first kappa shape index (κ1) is 27.5. The number of halogens is 1. The van der Waals surface area contributed by atoms with Crippen LogP contribution in [0.1, 0.15) is 150 Å². The molecule has 1 saturated carbocycles. The number of rotatable bonds is 12. The van der Waals surface area contributed by atoms with Crippen LogP contribution in [0.25, 0.3) is 0 Å². The normalized spacial score (nSPS) is 28.4. The first-order valence-electron chi connectivity index (χ1n) is 13.3. The summed E-state index contributed by atoms with van der Waals surface area (Å²) in [7, 11) is 0. The molecule has 3 atom stereocenters. The van der Waals surface area contributed by atoms with Crippen molar-refractivity contribution in [3.63, 3.8) is 0 Å². The highest BCUT2D eigenvalue weighted by Crippen LogP contribution is 2.33. The van der Waals surface area contributed by atoms with Gasteiger partial charge in [0.25, 0.3) is 0 Å². The second-order valence-electron chi connectivity index (χ2n) is 10.8. The molecule has 1 aliphatic rings. The van der Waals surface area contributed by atoms with Gasteiger partial charge in [0.05, 0.1) is 0 Å². The Morgan fingerprint density at radius 1 is 0.724 bits per heavy atom. The average Bonchev–Trinajstić information content (AvgIpc) is 2.68. The zero-order chi connectivity index (χ0) is 21.4. The molecule has 1 fully saturated rings. The van der Waals surface area contributed by atoms with Crippen LogP contribution in [0.4, 0.5) is 0 Å². The summed E-state index contributed by atoms with van der Waals surface area (Å²) in [5, 5.41) is 4.03. The molecule has 3 unspecified atom stereocenters. The number of nitrogens with one attached hydrogen (secondary N) is 1. The summed E-state index contributed by atoms with van der Waals surface area (Å²) < 4.78 is 0.376. The molecule has 1 nitrogen and oxygen atoms in total. The van der Waals surface area contributed by atoms with Crippen molar-refractivity contribution in [1.29, 1.82) is 0 Å². The predicted octanol–water partition coefficient (Wildman–Crippen LogP) is 9.57. The smallest absolute Gasteiger partial charge is 0.0229 e. The van der Waals surface area contributed by atoms with E-state index in [1.54, 1.807) is 0 Å². The molecular formula is C27H54BrN. The van der Waals surface area contributed by atoms with E-state index in [9.17, 15) is 0 Å². The van der Waals surface area contributed by atoms with Gasteiger partial charge in [-0.1, -0.05) is 120 Å². The fourth-order valence-electron chi connectivity index (χ4n) is 4.95. The van der Waals surface area contributed by atoms with Gasteiger partial charge in [0, 0.05) is 9.86 Å². The van der Waals surface area contributed by atoms with Crippen molar-refractivity contribution in [2.45, 2.75) is 160 Å². The van der Waals surface area contributed by atoms with Gasteiger partial charge in [-0.2, -0.15) is 0 Å². The maximum atomic E-state index is 4.03. The van der Waals surface area contributed by atoms with Crippen molar-refractivity contribution in [2.75, 3.05) is 6.54 Å². The lowest BCUT2D eigenvalue weighted by molar-refractivity contribution is 0.263. The lowest BCUT2D eigenvalue weighted by Gasteiger charge is -2.34. The Morgan fingerprint density at radius 3 is 1.83 bits per heavy atom. The van der Waals surface area contributed by atoms with Gasteiger partial charge < -0.3 is 5.32 Å². The van der Waals surface area contributed by atoms with Crippen LogP contribution in [-0.2, 0) is 0 Å². The Labute approximate surface area is 193 Å². The van der Waals surface area contributed by atoms with Crippen LogP contribution in [0.3, 0.4) is 0 Å². The van der Waals surface area contributed by atoms with E-state index < -0.39 is 0 Å². The summed E-state index contributed by atoms with van der Waals surface area (Å²) in [5.74, 6) is 0.819. The third kappa shape index (κ3) is 15.0. The molecule has 0 heterocycles. The predicted molar refractivity (Wildman–Crippen MR) is 136 cm³/mol. The van der Waals surface area contributed by atoms with Crippen LogP contribution in [0.15, 0.2) is 0 Å². The molecule has 0 aliphatic heterocycles. The van der Waals surface area contributed by atoms with Crippen molar-refractivity contribution in [3.05, 3.63) is 0 Å². The summed E-state index contributed by atoms with van der Waals surface area (Å²) in [6, 6.07) is 0. The second-order valence-corrected chi connectivity index (χ2v) is 12.8. The van der Waals surface area contributed by atoms with E-state index in [-0.39, 0.29) is 0 Å². The maximum absolute atomic E-state index is 4.03. The van der Waals surface area contributed by atoms with Crippen LogP contribution in [-0.4, -0.2) is 16.4 Å². The van der Waals surface area contributed by atoms with E-state index in [1.165, 1.54) is 129 Å². The van der Waals surface area contributed by atoms with E-state index in [1.807, 2.05) is 0 Å². The van der Waals surface area contributed by atoms with Gasteiger partial charge in [-0.15, -0.1) is 0 Å². The number of unbranched alkanes of at least 4 members (excludes halogenated alkanes) is 7. The Kier molecular flexibility index (Phi) is 15.3. The van der Waals surface area contributed by atoms with Gasteiger partial charge >= 0.3 is 0 Å². The molecule has 2 heteroatoms. The summed E-state index contributed by atoms with van der Waals surface area (Å²) in [6.45, 7) is 10.9. The van der Waals surface area contributed by atoms with Crippen molar-refractivity contribution in [1.82, 2.24) is 5.32 Å². The Hall–Kier alpha value is 0.440. The molecule has 0 radical (unpaired) electrons. The van der Waals surface area contributed by atoms with Crippen molar-refractivity contribution >= 4 is 15.9 Å². The maximum Gasteiger partial charge on any atom is 0.0229 e. The van der Waals surface area contributed by atoms with E-state index >= 15 is 0 Å². The molecule has 0 aromatic carbocycles. The SMILES string of the molecule is CCCCCCCCCCC(C)CNC1(C)CCCCCCC(C)(Br)CCCC1. The second kappa shape index (κ2) is 16.1. The fourth-order valence-corrected chi connectivity index (χ4v) is 5.51. The lowest BCUT2D eigenvalue weighted by atomic mass is 9.85. The molecule has 0 aromatic heterocycles. The molecule has 0 bridgehead atoms. The minimum Gasteiger partial charge on any atom is -0.311 e. The topological polar surface area (TPSA) is 12.0 Å². The standard InChI is InChI=1S/C27H54BrN/c1-5-6-7-8-9-10-11-14-19-25(2)24-29-27(4)22-16-13-12-15-20-26(3,28)21-17-18-23-27/h25,29H,5-24H2,1-4H3. The van der Waals surface area contributed by atoms with Crippen LogP contribution >= 0.6 is 15.9 Å². The van der Waals surface area contributed by atoms with Gasteiger partial charge in [-0.25, -0.2) is 0 Å². The minimum atomic E-state index is 0.357. The van der Waals surface area contributed by atoms with E-state index in [0.717, 1.165) is 5.92 Å². The number of alkyl halides is 1. The molecule has 0 saturated heterocycles. The van der Waals surface area contributed by atoms with Crippen LogP contribution in [0.5, 0.6) is 0 Å². The molecule has 1 aliphatic carbocycles. The summed E-state index contributed by atoms with van der Waals surface area (Å²) in [5.41, 5.74) is 0.357. The van der Waals surface area contributed by atoms with Crippen LogP contribution in [0, 0.1) is 5.92 Å². The largest absolute Gasteiger partial charge is 0.311 e. The molecule has 29 heavy (non-hydrogen) atoms. The molecular weight excluding hydrogens is 418 g/mol. The highest BCUT2D eigenvalue weighted by Gasteiger charge is 2.25. The minimum absolute atomic E-state index is 0.357. The number of hydrogen-bond donors (Lipinski definition) is 1. The first-order chi connectivity index (χ1) is 13.9. The molecule has 174 valence electrons. The van der Waals surface area contributed by atoms with Gasteiger partial charge in [-0.3, -0.25) is 0 Å². The zero-order valence-electron chi connectivity index (χ0n) is 20.6. The van der Waals surface area contributed by atoms with E-state index in [0.29, 0.717) is 9.86 Å². The molecule has 0 amide bonds. The van der Waals surface area contributed by atoms with E-state index in [2.05, 4.69) is 48.9 Å². The molecule has 0 aromatic rings. The Balaban J connectivity index is 2.24. The van der Waals surface area contributed by atoms with Crippen molar-refractivity contribution in [3.8, 4) is 0 Å². The van der Waals surface area contributed by atoms with E-state index in [4.69, 9.17) is 0 Å². The summed E-state index contributed by atoms with van der Waals surface area (Å²) >= 11 is 4.00. The summed E-state index contributed by atoms with van der Waals surface area (Å²) in [6.07, 6.45) is 26.6. The fraction of sp³-hybridized carbons (Fsp3) is 1.00. The van der Waals surface area contributed by atoms with Gasteiger partial charge in [0.1, 0.15) is 0 Å². The lowest BCUT2D eigenvalue weighted by Crippen LogP contribution is -2.44. The first-order valence-corrected chi connectivity index (χ1v) is 14.1. The highest BCUT2D eigenvalue weighted by atomic mass is 79.9. The Morgan fingerprint density at radius 2 is 1.21 bits per heavy atom. The van der Waals surface area contributed by atoms with Crippen LogP contribution < -0.4 is 5.32 Å². The quantitative estimate of drug-likeness (QED) is 0.220.